The quantitative estimate of drug-likeness (QED) is 0.540. The topological polar surface area (TPSA) is 88.8 Å². The Hall–Kier alpha value is -3.65. The normalized spacial score (nSPS) is 14.2. The first-order valence-electron chi connectivity index (χ1n) is 10.4. The Morgan fingerprint density at radius 2 is 1.87 bits per heavy atom. The Bertz CT molecular complexity index is 1240. The van der Waals surface area contributed by atoms with Crippen LogP contribution in [0.4, 0.5) is 5.82 Å². The van der Waals surface area contributed by atoms with E-state index in [9.17, 15) is 4.79 Å². The minimum absolute atomic E-state index is 0.196. The lowest BCUT2D eigenvalue weighted by Gasteiger charge is -2.14. The zero-order chi connectivity index (χ0) is 21.2. The van der Waals surface area contributed by atoms with Crippen LogP contribution in [0.1, 0.15) is 28.9 Å². The molecule has 8 nitrogen and oxygen atoms in total. The number of hydrogen-bond donors (Lipinski definition) is 1. The lowest BCUT2D eigenvalue weighted by atomic mass is 10.1. The molecule has 1 saturated heterocycles. The zero-order valence-electron chi connectivity index (χ0n) is 17.3. The lowest BCUT2D eigenvalue weighted by molar-refractivity contribution is 0.102. The molecule has 156 valence electrons. The van der Waals surface area contributed by atoms with Crippen molar-refractivity contribution in [1.29, 1.82) is 0 Å². The van der Waals surface area contributed by atoms with Crippen LogP contribution in [0.3, 0.4) is 0 Å². The molecule has 31 heavy (non-hydrogen) atoms. The third kappa shape index (κ3) is 4.29. The van der Waals surface area contributed by atoms with E-state index >= 15 is 0 Å². The summed E-state index contributed by atoms with van der Waals surface area (Å²) in [6.45, 7) is 2.96. The van der Waals surface area contributed by atoms with Gasteiger partial charge in [0.1, 0.15) is 5.82 Å². The van der Waals surface area contributed by atoms with Crippen molar-refractivity contribution in [2.45, 2.75) is 19.4 Å². The largest absolute Gasteiger partial charge is 0.307 e. The molecular weight excluding hydrogens is 390 g/mol. The fourth-order valence-electron chi connectivity index (χ4n) is 3.88. The summed E-state index contributed by atoms with van der Waals surface area (Å²) in [5.74, 6) is 0.303. The minimum Gasteiger partial charge on any atom is -0.307 e. The van der Waals surface area contributed by atoms with E-state index in [0.717, 1.165) is 47.4 Å². The maximum Gasteiger partial charge on any atom is 0.256 e. The SMILES string of the molecule is Cn1cc(-c2cc3cc(NC(=O)c4ccnc(CN5CCCC5)c4)ncc3cn2)cn1. The number of fused-ring (bicyclic) bond motifs is 1. The molecule has 0 aromatic carbocycles. The molecule has 1 aliphatic heterocycles. The number of amides is 1. The van der Waals surface area contributed by atoms with Crippen LogP contribution in [0.15, 0.2) is 55.2 Å². The molecule has 1 N–H and O–H groups in total. The van der Waals surface area contributed by atoms with Gasteiger partial charge in [0.15, 0.2) is 0 Å². The second-order valence-corrected chi connectivity index (χ2v) is 7.86. The molecule has 0 unspecified atom stereocenters. The van der Waals surface area contributed by atoms with Crippen molar-refractivity contribution < 1.29 is 4.79 Å². The Morgan fingerprint density at radius 3 is 2.68 bits per heavy atom. The number of aryl methyl sites for hydroxylation is 1. The molecule has 0 saturated carbocycles. The molecule has 5 heterocycles. The third-order valence-electron chi connectivity index (χ3n) is 5.51. The standard InChI is InChI=1S/C23H23N7O/c1-29-14-19(13-27-29)21-9-17-10-22(26-12-18(17)11-25-21)28-23(31)16-4-5-24-20(8-16)15-30-6-2-3-7-30/h4-5,8-14H,2-3,6-7,15H2,1H3,(H,26,28,31). The van der Waals surface area contributed by atoms with Crippen LogP contribution in [-0.4, -0.2) is 48.6 Å². The average molecular weight is 413 g/mol. The first-order chi connectivity index (χ1) is 15.1. The third-order valence-corrected chi connectivity index (χ3v) is 5.51. The first kappa shape index (κ1) is 19.3. The van der Waals surface area contributed by atoms with Gasteiger partial charge in [-0.2, -0.15) is 5.10 Å². The molecule has 4 aromatic heterocycles. The molecule has 0 atom stereocenters. The Kier molecular flexibility index (Phi) is 5.13. The van der Waals surface area contributed by atoms with Gasteiger partial charge in [-0.15, -0.1) is 0 Å². The number of nitrogens with one attached hydrogen (secondary N) is 1. The van der Waals surface area contributed by atoms with Crippen LogP contribution in [-0.2, 0) is 13.6 Å². The van der Waals surface area contributed by atoms with Gasteiger partial charge in [0, 0.05) is 54.9 Å². The molecule has 0 spiro atoms. The number of likely N-dealkylation sites (tertiary alicyclic amines) is 1. The molecule has 1 fully saturated rings. The van der Waals surface area contributed by atoms with E-state index < -0.39 is 0 Å². The molecular formula is C23H23N7O. The fraction of sp³-hybridized carbons (Fsp3) is 0.261. The smallest absolute Gasteiger partial charge is 0.256 e. The van der Waals surface area contributed by atoms with E-state index in [0.29, 0.717) is 11.4 Å². The summed E-state index contributed by atoms with van der Waals surface area (Å²) in [7, 11) is 1.87. The summed E-state index contributed by atoms with van der Waals surface area (Å²) >= 11 is 0. The summed E-state index contributed by atoms with van der Waals surface area (Å²) in [6.07, 6.45) is 11.3. The summed E-state index contributed by atoms with van der Waals surface area (Å²) in [5, 5.41) is 8.96. The monoisotopic (exact) mass is 413 g/mol. The summed E-state index contributed by atoms with van der Waals surface area (Å²) in [4.78, 5) is 28.5. The lowest BCUT2D eigenvalue weighted by Crippen LogP contribution is -2.20. The highest BCUT2D eigenvalue weighted by atomic mass is 16.1. The number of aromatic nitrogens is 5. The van der Waals surface area contributed by atoms with Crippen LogP contribution in [0.2, 0.25) is 0 Å². The van der Waals surface area contributed by atoms with Gasteiger partial charge in [0.2, 0.25) is 0 Å². The molecule has 1 amide bonds. The van der Waals surface area contributed by atoms with Crippen LogP contribution in [0, 0.1) is 0 Å². The maximum atomic E-state index is 12.8. The van der Waals surface area contributed by atoms with Crippen molar-refractivity contribution in [2.75, 3.05) is 18.4 Å². The van der Waals surface area contributed by atoms with Crippen molar-refractivity contribution in [3.63, 3.8) is 0 Å². The summed E-state index contributed by atoms with van der Waals surface area (Å²) in [5.41, 5.74) is 3.25. The van der Waals surface area contributed by atoms with Crippen LogP contribution >= 0.6 is 0 Å². The fourth-order valence-corrected chi connectivity index (χ4v) is 3.88. The first-order valence-corrected chi connectivity index (χ1v) is 10.4. The molecule has 5 rings (SSSR count). The van der Waals surface area contributed by atoms with Gasteiger partial charge in [-0.25, -0.2) is 4.98 Å². The number of nitrogens with zero attached hydrogens (tertiary/aromatic N) is 6. The van der Waals surface area contributed by atoms with Gasteiger partial charge < -0.3 is 5.32 Å². The van der Waals surface area contributed by atoms with E-state index in [-0.39, 0.29) is 5.91 Å². The molecule has 1 aliphatic rings. The molecule has 4 aromatic rings. The Labute approximate surface area is 180 Å². The highest BCUT2D eigenvalue weighted by molar-refractivity contribution is 6.04. The Morgan fingerprint density at radius 1 is 1.03 bits per heavy atom. The number of carbonyl (C=O) groups is 1. The zero-order valence-corrected chi connectivity index (χ0v) is 17.3. The van der Waals surface area contributed by atoms with Crippen LogP contribution in [0.25, 0.3) is 22.0 Å². The van der Waals surface area contributed by atoms with Gasteiger partial charge in [-0.1, -0.05) is 0 Å². The molecule has 8 heteroatoms. The van der Waals surface area contributed by atoms with Gasteiger partial charge in [0.05, 0.1) is 17.6 Å². The molecule has 0 radical (unpaired) electrons. The predicted octanol–water partition coefficient (Wildman–Crippen LogP) is 3.27. The average Bonchev–Trinajstić information content (AvgIpc) is 3.45. The minimum atomic E-state index is -0.196. The molecule has 0 aliphatic carbocycles. The van der Waals surface area contributed by atoms with E-state index in [1.54, 1.807) is 35.5 Å². The van der Waals surface area contributed by atoms with Gasteiger partial charge in [-0.05, 0) is 55.6 Å². The Balaban J connectivity index is 1.35. The molecule has 0 bridgehead atoms. The number of hydrogen-bond acceptors (Lipinski definition) is 6. The van der Waals surface area contributed by atoms with Crippen molar-refractivity contribution >= 4 is 22.5 Å². The van der Waals surface area contributed by atoms with Gasteiger partial charge in [-0.3, -0.25) is 24.3 Å². The van der Waals surface area contributed by atoms with Crippen molar-refractivity contribution in [1.82, 2.24) is 29.6 Å². The van der Waals surface area contributed by atoms with Crippen molar-refractivity contribution in [3.8, 4) is 11.3 Å². The summed E-state index contributed by atoms with van der Waals surface area (Å²) < 4.78 is 1.74. The van der Waals surface area contributed by atoms with Crippen molar-refractivity contribution in [3.05, 3.63) is 66.5 Å². The van der Waals surface area contributed by atoms with E-state index in [4.69, 9.17) is 0 Å². The van der Waals surface area contributed by atoms with E-state index in [1.807, 2.05) is 31.4 Å². The van der Waals surface area contributed by atoms with Crippen molar-refractivity contribution in [2.24, 2.45) is 7.05 Å². The number of anilines is 1. The highest BCUT2D eigenvalue weighted by Crippen LogP contribution is 2.23. The van der Waals surface area contributed by atoms with Gasteiger partial charge >= 0.3 is 0 Å². The number of carbonyl (C=O) groups excluding carboxylic acids is 1. The number of pyridine rings is 3. The highest BCUT2D eigenvalue weighted by Gasteiger charge is 2.14. The van der Waals surface area contributed by atoms with E-state index in [1.165, 1.54) is 12.8 Å². The second-order valence-electron chi connectivity index (χ2n) is 7.86. The second kappa shape index (κ2) is 8.23. The summed E-state index contributed by atoms with van der Waals surface area (Å²) in [6, 6.07) is 7.43. The van der Waals surface area contributed by atoms with Gasteiger partial charge in [0.25, 0.3) is 5.91 Å². The maximum absolute atomic E-state index is 12.8. The number of rotatable bonds is 5. The van der Waals surface area contributed by atoms with Crippen LogP contribution in [0.5, 0.6) is 0 Å². The van der Waals surface area contributed by atoms with E-state index in [2.05, 4.69) is 30.3 Å². The predicted molar refractivity (Wildman–Crippen MR) is 118 cm³/mol. The van der Waals surface area contributed by atoms with Crippen LogP contribution < -0.4 is 5.32 Å².